The smallest absolute Gasteiger partial charge is 0.394 e. The highest BCUT2D eigenvalue weighted by Gasteiger charge is 2.10. The Kier molecular flexibility index (Phi) is 12.6. The summed E-state index contributed by atoms with van der Waals surface area (Å²) in [5.74, 6) is 0. The van der Waals surface area contributed by atoms with E-state index in [-0.39, 0.29) is 13.2 Å². The summed E-state index contributed by atoms with van der Waals surface area (Å²) in [5.41, 5.74) is 0. The lowest BCUT2D eigenvalue weighted by Crippen LogP contribution is -1.96. The second-order valence-electron chi connectivity index (χ2n) is 2.00. The fourth-order valence-corrected chi connectivity index (χ4v) is 0.658. The second-order valence-corrected chi connectivity index (χ2v) is 3.23. The maximum absolute atomic E-state index is 9.81. The molecule has 0 saturated carbocycles. The standard InChI is InChI=1S/C4H10O2.C3H7O4P/c1-2-6-4-3-5;1-2-3-7-8(4,5)6/h5H,2-4H2,1H3;2H,1,3H2,(H2,4,5,6). The molecule has 7 heteroatoms. The van der Waals surface area contributed by atoms with Crippen molar-refractivity contribution >= 4 is 7.82 Å². The fraction of sp³-hybridized carbons (Fsp3) is 0.714. The number of phosphoric ester groups is 1. The molecule has 0 unspecified atom stereocenters. The van der Waals surface area contributed by atoms with Gasteiger partial charge >= 0.3 is 7.82 Å². The van der Waals surface area contributed by atoms with Crippen LogP contribution in [0.5, 0.6) is 0 Å². The van der Waals surface area contributed by atoms with E-state index in [0.29, 0.717) is 13.2 Å². The first-order valence-corrected chi connectivity index (χ1v) is 5.50. The molecular weight excluding hydrogens is 211 g/mol. The zero-order chi connectivity index (χ0) is 11.4. The topological polar surface area (TPSA) is 96.2 Å². The predicted octanol–water partition coefficient (Wildman–Crippen LogP) is 0.297. The van der Waals surface area contributed by atoms with Gasteiger partial charge in [0.15, 0.2) is 0 Å². The Labute approximate surface area is 83.4 Å². The average Bonchev–Trinajstić information content (AvgIpc) is 2.11. The second kappa shape index (κ2) is 10.8. The highest BCUT2D eigenvalue weighted by atomic mass is 31.2. The van der Waals surface area contributed by atoms with Crippen LogP contribution in [0.25, 0.3) is 0 Å². The molecule has 6 nitrogen and oxygen atoms in total. The van der Waals surface area contributed by atoms with E-state index in [0.717, 1.165) is 0 Å². The third-order valence-electron chi connectivity index (χ3n) is 0.800. The summed E-state index contributed by atoms with van der Waals surface area (Å²) in [4.78, 5) is 16.0. The Bertz CT molecular complexity index is 162. The number of hydrogen-bond acceptors (Lipinski definition) is 4. The summed E-state index contributed by atoms with van der Waals surface area (Å²) in [6.07, 6.45) is 1.26. The van der Waals surface area contributed by atoms with Gasteiger partial charge in [-0.15, -0.1) is 6.58 Å². The molecule has 0 aliphatic carbocycles. The number of phosphoric acid groups is 1. The molecule has 0 aliphatic heterocycles. The van der Waals surface area contributed by atoms with Gasteiger partial charge in [-0.3, -0.25) is 4.52 Å². The Morgan fingerprint density at radius 3 is 2.21 bits per heavy atom. The summed E-state index contributed by atoms with van der Waals surface area (Å²) in [6.45, 7) is 6.27. The minimum absolute atomic E-state index is 0.121. The number of ether oxygens (including phenoxy) is 1. The molecular formula is C7H17O6P. The molecule has 0 fully saturated rings. The van der Waals surface area contributed by atoms with Gasteiger partial charge in [0.25, 0.3) is 0 Å². The van der Waals surface area contributed by atoms with Crippen molar-refractivity contribution in [1.82, 2.24) is 0 Å². The van der Waals surface area contributed by atoms with E-state index in [2.05, 4.69) is 11.1 Å². The summed E-state index contributed by atoms with van der Waals surface area (Å²) in [5, 5.41) is 8.07. The third-order valence-corrected chi connectivity index (χ3v) is 1.29. The SMILES string of the molecule is C=CCOP(=O)(O)O.CCOCCO. The molecule has 0 aliphatic rings. The van der Waals surface area contributed by atoms with Gasteiger partial charge < -0.3 is 19.6 Å². The van der Waals surface area contributed by atoms with Gasteiger partial charge in [0.2, 0.25) is 0 Å². The molecule has 14 heavy (non-hydrogen) atoms. The summed E-state index contributed by atoms with van der Waals surface area (Å²) in [6, 6.07) is 0. The monoisotopic (exact) mass is 228 g/mol. The van der Waals surface area contributed by atoms with Crippen LogP contribution in [0.15, 0.2) is 12.7 Å². The predicted molar refractivity (Wildman–Crippen MR) is 51.8 cm³/mol. The lowest BCUT2D eigenvalue weighted by atomic mass is 10.7. The van der Waals surface area contributed by atoms with Crippen LogP contribution >= 0.6 is 7.82 Å². The minimum Gasteiger partial charge on any atom is -0.394 e. The molecule has 0 atom stereocenters. The van der Waals surface area contributed by atoms with Crippen LogP contribution in [0.3, 0.4) is 0 Å². The number of aliphatic hydroxyl groups excluding tert-OH is 1. The van der Waals surface area contributed by atoms with E-state index in [1.165, 1.54) is 6.08 Å². The van der Waals surface area contributed by atoms with Gasteiger partial charge in [-0.2, -0.15) is 0 Å². The number of hydrogen-bond donors (Lipinski definition) is 3. The maximum atomic E-state index is 9.81. The average molecular weight is 228 g/mol. The zero-order valence-corrected chi connectivity index (χ0v) is 9.02. The van der Waals surface area contributed by atoms with Crippen molar-refractivity contribution in [2.75, 3.05) is 26.4 Å². The minimum atomic E-state index is -4.25. The Morgan fingerprint density at radius 2 is 2.07 bits per heavy atom. The number of aliphatic hydroxyl groups is 1. The largest absolute Gasteiger partial charge is 0.469 e. The van der Waals surface area contributed by atoms with Crippen molar-refractivity contribution in [3.05, 3.63) is 12.7 Å². The molecule has 0 heterocycles. The normalized spacial score (nSPS) is 10.3. The molecule has 0 saturated heterocycles. The van der Waals surface area contributed by atoms with Crippen molar-refractivity contribution in [1.29, 1.82) is 0 Å². The molecule has 0 aromatic carbocycles. The van der Waals surface area contributed by atoms with E-state index in [4.69, 9.17) is 19.6 Å². The maximum Gasteiger partial charge on any atom is 0.469 e. The Morgan fingerprint density at radius 1 is 1.50 bits per heavy atom. The van der Waals surface area contributed by atoms with E-state index >= 15 is 0 Å². The van der Waals surface area contributed by atoms with Gasteiger partial charge in [0.05, 0.1) is 19.8 Å². The highest BCUT2D eigenvalue weighted by Crippen LogP contribution is 2.35. The molecule has 0 radical (unpaired) electrons. The van der Waals surface area contributed by atoms with Crippen LogP contribution in [-0.2, 0) is 13.8 Å². The molecule has 3 N–H and O–H groups in total. The molecule has 0 aromatic rings. The van der Waals surface area contributed by atoms with Gasteiger partial charge in [0, 0.05) is 6.61 Å². The van der Waals surface area contributed by atoms with Crippen molar-refractivity contribution in [2.45, 2.75) is 6.92 Å². The van der Waals surface area contributed by atoms with Crippen LogP contribution in [0.1, 0.15) is 6.92 Å². The summed E-state index contributed by atoms with van der Waals surface area (Å²) in [7, 11) is -4.25. The van der Waals surface area contributed by atoms with Crippen molar-refractivity contribution in [3.63, 3.8) is 0 Å². The van der Waals surface area contributed by atoms with Gasteiger partial charge in [-0.25, -0.2) is 4.57 Å². The molecule has 0 bridgehead atoms. The highest BCUT2D eigenvalue weighted by molar-refractivity contribution is 7.46. The first-order valence-electron chi connectivity index (χ1n) is 3.97. The quantitative estimate of drug-likeness (QED) is 0.343. The van der Waals surface area contributed by atoms with Crippen LogP contribution in [-0.4, -0.2) is 41.3 Å². The zero-order valence-electron chi connectivity index (χ0n) is 8.13. The van der Waals surface area contributed by atoms with E-state index in [1.807, 2.05) is 6.92 Å². The molecule has 0 spiro atoms. The van der Waals surface area contributed by atoms with E-state index in [1.54, 1.807) is 0 Å². The summed E-state index contributed by atoms with van der Waals surface area (Å²) >= 11 is 0. The van der Waals surface area contributed by atoms with E-state index < -0.39 is 7.82 Å². The van der Waals surface area contributed by atoms with Crippen LogP contribution in [0.4, 0.5) is 0 Å². The summed E-state index contributed by atoms with van der Waals surface area (Å²) < 4.78 is 18.5. The third kappa shape index (κ3) is 22.6. The van der Waals surface area contributed by atoms with Gasteiger partial charge in [-0.05, 0) is 6.92 Å². The van der Waals surface area contributed by atoms with Gasteiger partial charge in [0.1, 0.15) is 0 Å². The fourth-order valence-electron chi connectivity index (χ4n) is 0.359. The Hall–Kier alpha value is -0.230. The lowest BCUT2D eigenvalue weighted by molar-refractivity contribution is 0.102. The van der Waals surface area contributed by atoms with E-state index in [9.17, 15) is 4.57 Å². The van der Waals surface area contributed by atoms with Crippen molar-refractivity contribution < 1.29 is 28.7 Å². The van der Waals surface area contributed by atoms with Crippen LogP contribution in [0, 0.1) is 0 Å². The first-order chi connectivity index (χ1) is 6.47. The van der Waals surface area contributed by atoms with Crippen molar-refractivity contribution in [3.8, 4) is 0 Å². The first kappa shape index (κ1) is 16.2. The van der Waals surface area contributed by atoms with Crippen LogP contribution < -0.4 is 0 Å². The van der Waals surface area contributed by atoms with Gasteiger partial charge in [-0.1, -0.05) is 6.08 Å². The lowest BCUT2D eigenvalue weighted by Gasteiger charge is -1.98. The molecule has 0 aromatic heterocycles. The molecule has 0 rings (SSSR count). The Balaban J connectivity index is 0. The molecule has 0 amide bonds. The van der Waals surface area contributed by atoms with Crippen molar-refractivity contribution in [2.24, 2.45) is 0 Å². The number of rotatable bonds is 6. The van der Waals surface area contributed by atoms with Crippen LogP contribution in [0.2, 0.25) is 0 Å². The molecule has 86 valence electrons.